The Morgan fingerprint density at radius 1 is 0.727 bits per heavy atom. The van der Waals surface area contributed by atoms with Crippen molar-refractivity contribution < 1.29 is 0 Å². The van der Waals surface area contributed by atoms with E-state index < -0.39 is 0 Å². The molecule has 0 aliphatic rings. The molecule has 0 N–H and O–H groups in total. The number of rotatable bonds is 5. The van der Waals surface area contributed by atoms with Gasteiger partial charge in [0.05, 0.1) is 0 Å². The molecule has 0 spiro atoms. The summed E-state index contributed by atoms with van der Waals surface area (Å²) in [6, 6.07) is 0. The zero-order valence-corrected chi connectivity index (χ0v) is 18.0. The predicted molar refractivity (Wildman–Crippen MR) is 112 cm³/mol. The molecule has 0 aliphatic carbocycles. The van der Waals surface area contributed by atoms with Gasteiger partial charge < -0.3 is 0 Å². The van der Waals surface area contributed by atoms with Gasteiger partial charge in [0, 0.05) is 0 Å². The average Bonchev–Trinajstić information content (AvgIpc) is 2.39. The Morgan fingerprint density at radius 2 is 1.00 bits per heavy atom. The van der Waals surface area contributed by atoms with Crippen LogP contribution in [0.5, 0.6) is 0 Å². The highest BCUT2D eigenvalue weighted by Gasteiger charge is 1.88. The Bertz CT molecular complexity index is 139. The van der Waals surface area contributed by atoms with E-state index in [1.807, 2.05) is 6.92 Å². The Labute approximate surface area is 145 Å². The molecule has 0 atom stereocenters. The molecular weight excluding hydrogens is 264 g/mol. The van der Waals surface area contributed by atoms with Gasteiger partial charge in [-0.3, -0.25) is 0 Å². The standard InChI is InChI=1S/C7H16.C6H14.C4H10.C3H6.C2H4/c1-4-5-6-7(2)3;1-4-5-6(2)3;1-4(2)3;1-3-2;1-2/h7H,4-6H2,1-3H3;6H,4-5H2,1-3H3;4H,1-3H3;3H,1H2,2H3;1-2H2. The summed E-state index contributed by atoms with van der Waals surface area (Å²) < 4.78 is 0. The van der Waals surface area contributed by atoms with Gasteiger partial charge in [-0.2, -0.15) is 0 Å². The third kappa shape index (κ3) is 158. The van der Waals surface area contributed by atoms with Crippen molar-refractivity contribution in [2.24, 2.45) is 17.8 Å². The molecule has 0 rings (SSSR count). The normalized spacial score (nSPS) is 8.41. The van der Waals surface area contributed by atoms with Gasteiger partial charge in [-0.05, 0) is 24.7 Å². The highest BCUT2D eigenvalue weighted by molar-refractivity contribution is 4.51. The van der Waals surface area contributed by atoms with Crippen LogP contribution in [-0.2, 0) is 0 Å². The monoisotopic (exact) mass is 314 g/mol. The summed E-state index contributed by atoms with van der Waals surface area (Å²) in [6.45, 7) is 31.3. The predicted octanol–water partition coefficient (Wildman–Crippen LogP) is 8.93. The summed E-state index contributed by atoms with van der Waals surface area (Å²) in [4.78, 5) is 0. The summed E-state index contributed by atoms with van der Waals surface area (Å²) in [5, 5.41) is 0. The third-order valence-electron chi connectivity index (χ3n) is 2.00. The zero-order chi connectivity index (χ0) is 19.0. The molecule has 0 aliphatic heterocycles. The Hall–Kier alpha value is -0.520. The minimum absolute atomic E-state index is 0.833. The number of hydrogen-bond donors (Lipinski definition) is 0. The van der Waals surface area contributed by atoms with E-state index >= 15 is 0 Å². The molecule has 22 heavy (non-hydrogen) atoms. The summed E-state index contributed by atoms with van der Waals surface area (Å²) in [5.74, 6) is 2.63. The lowest BCUT2D eigenvalue weighted by atomic mass is 10.1. The lowest BCUT2D eigenvalue weighted by molar-refractivity contribution is 0.550. The molecule has 0 unspecified atom stereocenters. The molecule has 0 heteroatoms. The first-order valence-electron chi connectivity index (χ1n) is 9.26. The number of unbranched alkanes of at least 4 members (excludes halogenated alkanes) is 1. The maximum Gasteiger partial charge on any atom is -0.0471 e. The first kappa shape index (κ1) is 33.2. The molecule has 0 saturated carbocycles. The van der Waals surface area contributed by atoms with Crippen LogP contribution in [0.2, 0.25) is 0 Å². The van der Waals surface area contributed by atoms with Crippen LogP contribution < -0.4 is 0 Å². The molecular formula is C22H50. The summed E-state index contributed by atoms with van der Waals surface area (Å²) >= 11 is 0. The van der Waals surface area contributed by atoms with Crippen molar-refractivity contribution in [1.82, 2.24) is 0 Å². The van der Waals surface area contributed by atoms with Crippen molar-refractivity contribution in [1.29, 1.82) is 0 Å². The van der Waals surface area contributed by atoms with Gasteiger partial charge in [0.25, 0.3) is 0 Å². The SMILES string of the molecule is C=C.C=CC.CC(C)C.CCCC(C)C.CCCCC(C)C. The van der Waals surface area contributed by atoms with Crippen LogP contribution in [-0.4, -0.2) is 0 Å². The fraction of sp³-hybridized carbons (Fsp3) is 0.818. The van der Waals surface area contributed by atoms with E-state index in [0.29, 0.717) is 0 Å². The number of allylic oxidation sites excluding steroid dienone is 1. The van der Waals surface area contributed by atoms with Crippen molar-refractivity contribution in [3.8, 4) is 0 Å². The Kier molecular flexibility index (Phi) is 55.9. The van der Waals surface area contributed by atoms with Crippen molar-refractivity contribution in [2.75, 3.05) is 0 Å². The number of hydrogen-bond acceptors (Lipinski definition) is 0. The second-order valence-corrected chi connectivity index (χ2v) is 6.86. The second-order valence-electron chi connectivity index (χ2n) is 6.86. The van der Waals surface area contributed by atoms with Gasteiger partial charge >= 0.3 is 0 Å². The molecule has 0 aromatic rings. The highest BCUT2D eigenvalue weighted by atomic mass is 13.9. The first-order chi connectivity index (χ1) is 10.2. The first-order valence-corrected chi connectivity index (χ1v) is 9.26. The van der Waals surface area contributed by atoms with Crippen molar-refractivity contribution in [2.45, 2.75) is 101 Å². The molecule has 0 aromatic carbocycles. The van der Waals surface area contributed by atoms with Crippen LogP contribution >= 0.6 is 0 Å². The van der Waals surface area contributed by atoms with E-state index in [1.165, 1.54) is 32.1 Å². The van der Waals surface area contributed by atoms with E-state index in [4.69, 9.17) is 0 Å². The lowest BCUT2D eigenvalue weighted by Crippen LogP contribution is -1.83. The fourth-order valence-corrected chi connectivity index (χ4v) is 1.19. The highest BCUT2D eigenvalue weighted by Crippen LogP contribution is 2.04. The van der Waals surface area contributed by atoms with Gasteiger partial charge in [0.15, 0.2) is 0 Å². The van der Waals surface area contributed by atoms with E-state index in [1.54, 1.807) is 6.08 Å². The molecule has 0 bridgehead atoms. The summed E-state index contributed by atoms with van der Waals surface area (Å²) in [5.41, 5.74) is 0. The van der Waals surface area contributed by atoms with E-state index in [-0.39, 0.29) is 0 Å². The lowest BCUT2D eigenvalue weighted by Gasteiger charge is -1.98. The quantitative estimate of drug-likeness (QED) is 0.444. The van der Waals surface area contributed by atoms with Gasteiger partial charge in [0.2, 0.25) is 0 Å². The largest absolute Gasteiger partial charge is 0.106 e. The second kappa shape index (κ2) is 37.1. The van der Waals surface area contributed by atoms with Crippen LogP contribution in [0.25, 0.3) is 0 Å². The van der Waals surface area contributed by atoms with Gasteiger partial charge in [-0.1, -0.05) is 100 Å². The molecule has 138 valence electrons. The van der Waals surface area contributed by atoms with Crippen LogP contribution in [0.1, 0.15) is 101 Å². The minimum Gasteiger partial charge on any atom is -0.106 e. The van der Waals surface area contributed by atoms with Crippen LogP contribution in [0.15, 0.2) is 25.8 Å². The van der Waals surface area contributed by atoms with Gasteiger partial charge in [-0.15, -0.1) is 19.7 Å². The average molecular weight is 315 g/mol. The molecule has 0 saturated heterocycles. The van der Waals surface area contributed by atoms with E-state index in [2.05, 4.69) is 82.1 Å². The van der Waals surface area contributed by atoms with Gasteiger partial charge in [0.1, 0.15) is 0 Å². The zero-order valence-electron chi connectivity index (χ0n) is 18.0. The third-order valence-corrected chi connectivity index (χ3v) is 2.00. The molecule has 0 radical (unpaired) electrons. The van der Waals surface area contributed by atoms with Crippen LogP contribution in [0.4, 0.5) is 0 Å². The Balaban J connectivity index is -0.0000000586. The Morgan fingerprint density at radius 3 is 1.05 bits per heavy atom. The summed E-state index contributed by atoms with van der Waals surface area (Å²) in [6.07, 6.45) is 8.60. The summed E-state index contributed by atoms with van der Waals surface area (Å²) in [7, 11) is 0. The maximum absolute atomic E-state index is 3.36. The topological polar surface area (TPSA) is 0 Å². The maximum atomic E-state index is 3.36. The fourth-order valence-electron chi connectivity index (χ4n) is 1.19. The molecule has 0 heterocycles. The van der Waals surface area contributed by atoms with Crippen LogP contribution in [0.3, 0.4) is 0 Å². The molecule has 0 amide bonds. The van der Waals surface area contributed by atoms with Crippen LogP contribution in [0, 0.1) is 17.8 Å². The smallest absolute Gasteiger partial charge is 0.0471 e. The van der Waals surface area contributed by atoms with Gasteiger partial charge in [-0.25, -0.2) is 0 Å². The van der Waals surface area contributed by atoms with E-state index in [0.717, 1.165) is 17.8 Å². The van der Waals surface area contributed by atoms with E-state index in [9.17, 15) is 0 Å². The molecule has 0 fully saturated rings. The molecule has 0 nitrogen and oxygen atoms in total. The van der Waals surface area contributed by atoms with Crippen molar-refractivity contribution in [3.05, 3.63) is 25.8 Å². The minimum atomic E-state index is 0.833. The van der Waals surface area contributed by atoms with Crippen molar-refractivity contribution >= 4 is 0 Å². The van der Waals surface area contributed by atoms with Crippen molar-refractivity contribution in [3.63, 3.8) is 0 Å². The molecule has 0 aromatic heterocycles.